The second-order valence-electron chi connectivity index (χ2n) is 8.79. The van der Waals surface area contributed by atoms with E-state index in [4.69, 9.17) is 18.9 Å². The number of para-hydroxylation sites is 1. The lowest BCUT2D eigenvalue weighted by Gasteiger charge is -2.23. The van der Waals surface area contributed by atoms with Gasteiger partial charge < -0.3 is 18.9 Å². The van der Waals surface area contributed by atoms with Crippen LogP contribution in [0.1, 0.15) is 47.7 Å². The molecule has 0 bridgehead atoms. The Morgan fingerprint density at radius 1 is 0.842 bits per heavy atom. The van der Waals surface area contributed by atoms with Gasteiger partial charge in [-0.2, -0.15) is 5.10 Å². The van der Waals surface area contributed by atoms with Gasteiger partial charge in [0, 0.05) is 26.2 Å². The Morgan fingerprint density at radius 2 is 1.42 bits per heavy atom. The van der Waals surface area contributed by atoms with E-state index >= 15 is 0 Å². The number of fused-ring (bicyclic) bond motifs is 2. The molecule has 38 heavy (non-hydrogen) atoms. The van der Waals surface area contributed by atoms with E-state index in [1.54, 1.807) is 48.5 Å². The van der Waals surface area contributed by atoms with Crippen molar-refractivity contribution in [1.82, 2.24) is 9.78 Å². The first-order chi connectivity index (χ1) is 18.2. The summed E-state index contributed by atoms with van der Waals surface area (Å²) in [6.45, 7) is 3.30. The minimum absolute atomic E-state index is 0.0597. The van der Waals surface area contributed by atoms with Gasteiger partial charge in [-0.25, -0.2) is 9.58 Å². The molecule has 3 heterocycles. The van der Waals surface area contributed by atoms with Gasteiger partial charge in [-0.05, 0) is 24.3 Å². The van der Waals surface area contributed by atoms with Gasteiger partial charge in [0.2, 0.25) is 0 Å². The van der Waals surface area contributed by atoms with Crippen LogP contribution in [0.3, 0.4) is 0 Å². The summed E-state index contributed by atoms with van der Waals surface area (Å²) >= 11 is 0. The third kappa shape index (κ3) is 4.28. The number of carbonyl (C=O) groups excluding carboxylic acids is 5. The summed E-state index contributed by atoms with van der Waals surface area (Å²) in [4.78, 5) is 62.8. The highest BCUT2D eigenvalue weighted by atomic mass is 16.7. The number of hydrogen-bond donors (Lipinski definition) is 0. The Balaban J connectivity index is 1.61. The molecule has 0 N–H and O–H groups in total. The van der Waals surface area contributed by atoms with Crippen molar-refractivity contribution in [2.24, 2.45) is 0 Å². The molecule has 196 valence electrons. The van der Waals surface area contributed by atoms with Crippen LogP contribution >= 0.6 is 0 Å². The number of anilines is 1. The Labute approximate surface area is 216 Å². The van der Waals surface area contributed by atoms with Gasteiger partial charge in [0.05, 0.1) is 16.6 Å². The zero-order valence-electron chi connectivity index (χ0n) is 20.7. The van der Waals surface area contributed by atoms with Gasteiger partial charge >= 0.3 is 17.9 Å². The van der Waals surface area contributed by atoms with E-state index in [-0.39, 0.29) is 23.6 Å². The number of nitrogens with zero attached hydrogens (tertiary/aromatic N) is 3. The van der Waals surface area contributed by atoms with Crippen molar-refractivity contribution in [3.63, 3.8) is 0 Å². The monoisotopic (exact) mass is 521 g/mol. The first-order valence-electron chi connectivity index (χ1n) is 11.8. The number of amides is 2. The van der Waals surface area contributed by atoms with Gasteiger partial charge in [-0.15, -0.1) is 0 Å². The second-order valence-corrected chi connectivity index (χ2v) is 8.79. The topological polar surface area (TPSA) is 143 Å². The number of ether oxygens (including phenoxy) is 4. The molecule has 2 aliphatic heterocycles. The number of rotatable bonds is 6. The Hall–Kier alpha value is -4.58. The van der Waals surface area contributed by atoms with E-state index in [2.05, 4.69) is 5.10 Å². The van der Waals surface area contributed by atoms with Crippen molar-refractivity contribution >= 4 is 46.4 Å². The molecule has 0 unspecified atom stereocenters. The summed E-state index contributed by atoms with van der Waals surface area (Å²) in [5.41, 5.74) is 0.959. The zero-order chi connectivity index (χ0) is 27.1. The highest BCUT2D eigenvalue weighted by Gasteiger charge is 2.52. The lowest BCUT2D eigenvalue weighted by Crippen LogP contribution is -2.40. The van der Waals surface area contributed by atoms with Gasteiger partial charge in [-0.3, -0.25) is 24.0 Å². The van der Waals surface area contributed by atoms with Gasteiger partial charge in [-0.1, -0.05) is 24.3 Å². The number of esters is 3. The Morgan fingerprint density at radius 3 is 2.03 bits per heavy atom. The molecule has 0 spiro atoms. The average Bonchev–Trinajstić information content (AvgIpc) is 3.48. The van der Waals surface area contributed by atoms with Crippen LogP contribution in [-0.2, 0) is 33.3 Å². The lowest BCUT2D eigenvalue weighted by molar-refractivity contribution is -0.166. The van der Waals surface area contributed by atoms with E-state index < -0.39 is 54.3 Å². The van der Waals surface area contributed by atoms with Crippen LogP contribution in [0.2, 0.25) is 0 Å². The molecule has 12 nitrogen and oxygen atoms in total. The van der Waals surface area contributed by atoms with Crippen molar-refractivity contribution in [2.45, 2.75) is 45.3 Å². The van der Waals surface area contributed by atoms with Crippen molar-refractivity contribution in [3.8, 4) is 0 Å². The maximum Gasteiger partial charge on any atom is 0.303 e. The van der Waals surface area contributed by atoms with Crippen LogP contribution in [0, 0.1) is 0 Å². The molecule has 4 atom stereocenters. The fourth-order valence-corrected chi connectivity index (χ4v) is 4.70. The summed E-state index contributed by atoms with van der Waals surface area (Å²) in [5.74, 6) is -2.93. The van der Waals surface area contributed by atoms with Crippen molar-refractivity contribution < 1.29 is 42.9 Å². The zero-order valence-corrected chi connectivity index (χ0v) is 20.7. The molecule has 1 saturated heterocycles. The summed E-state index contributed by atoms with van der Waals surface area (Å²) in [7, 11) is 0. The smallest absolute Gasteiger partial charge is 0.303 e. The molecular weight excluding hydrogens is 498 g/mol. The molecule has 0 saturated carbocycles. The molecule has 1 fully saturated rings. The number of carbonyl (C=O) groups is 5. The van der Waals surface area contributed by atoms with Crippen molar-refractivity contribution in [1.29, 1.82) is 0 Å². The van der Waals surface area contributed by atoms with E-state index in [0.29, 0.717) is 10.9 Å². The van der Waals surface area contributed by atoms with Crippen LogP contribution < -0.4 is 4.90 Å². The standard InChI is InChI=1S/C26H23N3O9/c1-13(30)35-12-20-21(36-14(2)31)22(37-15(3)32)26(38-20)29-19-11-7-6-10-18(19)23(27-29)28-24(33)16-8-4-5-9-17(16)25(28)34/h4-11,20-22,26H,12H2,1-3H3/t20-,21+,22-,26+/m0/s1. The maximum absolute atomic E-state index is 13.2. The molecule has 12 heteroatoms. The summed E-state index contributed by atoms with van der Waals surface area (Å²) in [5, 5.41) is 5.03. The normalized spacial score (nSPS) is 22.4. The molecule has 2 aliphatic rings. The van der Waals surface area contributed by atoms with Crippen molar-refractivity contribution in [3.05, 3.63) is 59.7 Å². The molecule has 0 radical (unpaired) electrons. The van der Waals surface area contributed by atoms with Crippen LogP contribution in [0.25, 0.3) is 10.9 Å². The predicted molar refractivity (Wildman–Crippen MR) is 129 cm³/mol. The minimum Gasteiger partial charge on any atom is -0.463 e. The van der Waals surface area contributed by atoms with Crippen LogP contribution in [0.5, 0.6) is 0 Å². The molecule has 1 aromatic heterocycles. The maximum atomic E-state index is 13.2. The third-order valence-electron chi connectivity index (χ3n) is 6.18. The van der Waals surface area contributed by atoms with Crippen LogP contribution in [0.15, 0.2) is 48.5 Å². The number of aromatic nitrogens is 2. The van der Waals surface area contributed by atoms with E-state index in [1.807, 2.05) is 0 Å². The first kappa shape index (κ1) is 25.1. The average molecular weight is 521 g/mol. The first-order valence-corrected chi connectivity index (χ1v) is 11.8. The number of hydrogen-bond acceptors (Lipinski definition) is 10. The van der Waals surface area contributed by atoms with E-state index in [9.17, 15) is 24.0 Å². The fraction of sp³-hybridized carbons (Fsp3) is 0.308. The van der Waals surface area contributed by atoms with E-state index in [1.165, 1.54) is 25.5 Å². The van der Waals surface area contributed by atoms with Crippen molar-refractivity contribution in [2.75, 3.05) is 11.5 Å². The fourth-order valence-electron chi connectivity index (χ4n) is 4.70. The molecular formula is C26H23N3O9. The molecule has 2 amide bonds. The van der Waals surface area contributed by atoms with Crippen LogP contribution in [-0.4, -0.2) is 64.4 Å². The Kier molecular flexibility index (Phi) is 6.41. The van der Waals surface area contributed by atoms with Gasteiger partial charge in [0.15, 0.2) is 24.3 Å². The Bertz CT molecular complexity index is 1440. The van der Waals surface area contributed by atoms with Gasteiger partial charge in [0.25, 0.3) is 11.8 Å². The summed E-state index contributed by atoms with van der Waals surface area (Å²) < 4.78 is 23.5. The molecule has 0 aliphatic carbocycles. The van der Waals surface area contributed by atoms with Crippen LogP contribution in [0.4, 0.5) is 5.82 Å². The largest absolute Gasteiger partial charge is 0.463 e. The van der Waals surface area contributed by atoms with Gasteiger partial charge in [0.1, 0.15) is 12.7 Å². The molecule has 3 aromatic rings. The minimum atomic E-state index is -1.18. The quantitative estimate of drug-likeness (QED) is 0.269. The third-order valence-corrected chi connectivity index (χ3v) is 6.18. The summed E-state index contributed by atoms with van der Waals surface area (Å²) in [6, 6.07) is 13.3. The van der Waals surface area contributed by atoms with E-state index in [0.717, 1.165) is 4.90 Å². The second kappa shape index (κ2) is 9.71. The lowest BCUT2D eigenvalue weighted by atomic mass is 10.1. The highest BCUT2D eigenvalue weighted by Crippen LogP contribution is 2.39. The number of benzene rings is 2. The SMILES string of the molecule is CC(=O)OC[C@@H]1O[C@@H](n2nc(N3C(=O)c4ccccc4C3=O)c3ccccc32)[C@@H](OC(C)=O)[C@@H]1OC(C)=O. The predicted octanol–water partition coefficient (Wildman–Crippen LogP) is 2.16. The molecule has 2 aromatic carbocycles. The number of imide groups is 1. The molecule has 5 rings (SSSR count). The summed E-state index contributed by atoms with van der Waals surface area (Å²) in [6.07, 6.45) is -4.47. The highest BCUT2D eigenvalue weighted by molar-refractivity contribution is 6.35.